The fourth-order valence-corrected chi connectivity index (χ4v) is 3.43. The zero-order valence-electron chi connectivity index (χ0n) is 19.3. The van der Waals surface area contributed by atoms with E-state index in [0.717, 1.165) is 18.4 Å². The molecule has 1 N–H and O–H groups in total. The number of carbonyl (C=O) groups is 1. The maximum Gasteiger partial charge on any atom is 1.00 e. The number of allylic oxidation sites excluding steroid dienone is 4. The molecule has 5 heteroatoms. The SMILES string of the molecule is COc1cc(CCc2ccccc2)c(C(=O)[O-])c(O)c1C/C=C(\C)CCC=C(C)C.[K+]. The molecule has 0 saturated carbocycles. The maximum absolute atomic E-state index is 11.8. The van der Waals surface area contributed by atoms with Crippen LogP contribution in [0.2, 0.25) is 0 Å². The molecule has 2 aromatic rings. The first-order valence-corrected chi connectivity index (χ1v) is 10.3. The van der Waals surface area contributed by atoms with Crippen LogP contribution in [-0.2, 0) is 19.3 Å². The minimum absolute atomic E-state index is 0. The number of carboxylic acids is 1. The molecule has 4 nitrogen and oxygen atoms in total. The number of methoxy groups -OCH3 is 1. The van der Waals surface area contributed by atoms with Gasteiger partial charge in [0.05, 0.1) is 13.1 Å². The predicted molar refractivity (Wildman–Crippen MR) is 119 cm³/mol. The number of phenols is 1. The Morgan fingerprint density at radius 1 is 1.10 bits per heavy atom. The third-order valence-corrected chi connectivity index (χ3v) is 5.14. The van der Waals surface area contributed by atoms with E-state index in [4.69, 9.17) is 4.74 Å². The zero-order chi connectivity index (χ0) is 22.1. The summed E-state index contributed by atoms with van der Waals surface area (Å²) in [6.07, 6.45) is 7.59. The second-order valence-electron chi connectivity index (χ2n) is 7.79. The van der Waals surface area contributed by atoms with Gasteiger partial charge in [-0.25, -0.2) is 0 Å². The number of hydrogen-bond donors (Lipinski definition) is 1. The summed E-state index contributed by atoms with van der Waals surface area (Å²) in [6.45, 7) is 6.18. The molecular formula is C26H31KO4. The molecule has 0 aliphatic carbocycles. The number of aromatic carboxylic acids is 1. The summed E-state index contributed by atoms with van der Waals surface area (Å²) in [5, 5.41) is 22.6. The van der Waals surface area contributed by atoms with Crippen LogP contribution in [0.4, 0.5) is 0 Å². The van der Waals surface area contributed by atoms with E-state index >= 15 is 0 Å². The van der Waals surface area contributed by atoms with Crippen LogP contribution in [0.25, 0.3) is 0 Å². The molecule has 0 spiro atoms. The molecule has 2 rings (SSSR count). The van der Waals surface area contributed by atoms with Crippen molar-refractivity contribution in [3.63, 3.8) is 0 Å². The molecule has 0 amide bonds. The minimum Gasteiger partial charge on any atom is -0.545 e. The van der Waals surface area contributed by atoms with Gasteiger partial charge in [0.1, 0.15) is 11.5 Å². The first-order valence-electron chi connectivity index (χ1n) is 10.3. The molecule has 0 aromatic heterocycles. The Hall–Kier alpha value is -1.37. The van der Waals surface area contributed by atoms with Crippen LogP contribution < -0.4 is 61.2 Å². The van der Waals surface area contributed by atoms with Crippen molar-refractivity contribution in [3.05, 3.63) is 82.0 Å². The van der Waals surface area contributed by atoms with Crippen LogP contribution in [0.1, 0.15) is 60.7 Å². The smallest absolute Gasteiger partial charge is 0.545 e. The summed E-state index contributed by atoms with van der Waals surface area (Å²) in [4.78, 5) is 11.8. The number of carbonyl (C=O) groups excluding carboxylic acids is 1. The van der Waals surface area contributed by atoms with E-state index in [0.29, 0.717) is 36.1 Å². The molecule has 0 unspecified atom stereocenters. The van der Waals surface area contributed by atoms with Gasteiger partial charge < -0.3 is 19.7 Å². The van der Waals surface area contributed by atoms with Gasteiger partial charge in [0, 0.05) is 11.1 Å². The third-order valence-electron chi connectivity index (χ3n) is 5.14. The van der Waals surface area contributed by atoms with Crippen molar-refractivity contribution in [2.45, 2.75) is 52.9 Å². The topological polar surface area (TPSA) is 69.6 Å². The number of hydrogen-bond acceptors (Lipinski definition) is 4. The number of ether oxygens (including phenoxy) is 1. The Kier molecular flexibility index (Phi) is 12.4. The van der Waals surface area contributed by atoms with Gasteiger partial charge >= 0.3 is 51.4 Å². The molecule has 160 valence electrons. The van der Waals surface area contributed by atoms with Gasteiger partial charge in [-0.05, 0) is 70.1 Å². The van der Waals surface area contributed by atoms with Gasteiger partial charge in [-0.3, -0.25) is 0 Å². The largest absolute Gasteiger partial charge is 1.00 e. The fourth-order valence-electron chi connectivity index (χ4n) is 3.43. The van der Waals surface area contributed by atoms with Crippen LogP contribution in [0.15, 0.2) is 59.7 Å². The quantitative estimate of drug-likeness (QED) is 0.446. The molecule has 0 saturated heterocycles. The molecule has 0 bridgehead atoms. The van der Waals surface area contributed by atoms with Crippen LogP contribution in [-0.4, -0.2) is 18.2 Å². The van der Waals surface area contributed by atoms with Crippen molar-refractivity contribution in [3.8, 4) is 11.5 Å². The number of aromatic hydroxyl groups is 1. The first-order chi connectivity index (χ1) is 14.3. The summed E-state index contributed by atoms with van der Waals surface area (Å²) in [5.74, 6) is -1.14. The second kappa shape index (κ2) is 13.9. The fraction of sp³-hybridized carbons (Fsp3) is 0.346. The van der Waals surface area contributed by atoms with E-state index < -0.39 is 5.97 Å². The van der Waals surface area contributed by atoms with E-state index in [9.17, 15) is 15.0 Å². The number of carboxylic acid groups (broad SMARTS) is 1. The molecular weight excluding hydrogens is 415 g/mol. The zero-order valence-corrected chi connectivity index (χ0v) is 22.4. The molecule has 0 atom stereocenters. The molecule has 0 fully saturated rings. The van der Waals surface area contributed by atoms with Crippen molar-refractivity contribution in [2.75, 3.05) is 7.11 Å². The van der Waals surface area contributed by atoms with E-state index in [1.54, 1.807) is 6.07 Å². The predicted octanol–water partition coefficient (Wildman–Crippen LogP) is 1.79. The summed E-state index contributed by atoms with van der Waals surface area (Å²) in [7, 11) is 1.53. The van der Waals surface area contributed by atoms with Crippen LogP contribution in [0, 0.1) is 0 Å². The summed E-state index contributed by atoms with van der Waals surface area (Å²) in [6, 6.07) is 11.5. The van der Waals surface area contributed by atoms with Gasteiger partial charge in [-0.15, -0.1) is 0 Å². The maximum atomic E-state index is 11.8. The Labute approximate surface area is 228 Å². The Morgan fingerprint density at radius 2 is 1.77 bits per heavy atom. The minimum atomic E-state index is -1.37. The number of rotatable bonds is 10. The van der Waals surface area contributed by atoms with Crippen molar-refractivity contribution >= 4 is 5.97 Å². The summed E-state index contributed by atoms with van der Waals surface area (Å²) < 4.78 is 5.49. The monoisotopic (exact) mass is 446 g/mol. The van der Waals surface area contributed by atoms with Gasteiger partial charge in [0.2, 0.25) is 0 Å². The van der Waals surface area contributed by atoms with Crippen molar-refractivity contribution in [1.82, 2.24) is 0 Å². The Morgan fingerprint density at radius 3 is 2.35 bits per heavy atom. The number of benzene rings is 2. The summed E-state index contributed by atoms with van der Waals surface area (Å²) in [5.41, 5.74) is 4.41. The van der Waals surface area contributed by atoms with Gasteiger partial charge in [-0.1, -0.05) is 53.6 Å². The van der Waals surface area contributed by atoms with Crippen LogP contribution in [0.3, 0.4) is 0 Å². The Bertz CT molecular complexity index is 926. The molecule has 2 aromatic carbocycles. The normalized spacial score (nSPS) is 10.9. The molecule has 0 heterocycles. The van der Waals surface area contributed by atoms with Crippen LogP contribution >= 0.6 is 0 Å². The first kappa shape index (κ1) is 27.7. The van der Waals surface area contributed by atoms with Gasteiger partial charge in [0.15, 0.2) is 0 Å². The molecule has 31 heavy (non-hydrogen) atoms. The van der Waals surface area contributed by atoms with Crippen molar-refractivity contribution in [1.29, 1.82) is 0 Å². The van der Waals surface area contributed by atoms with E-state index in [1.807, 2.05) is 43.3 Å². The van der Waals surface area contributed by atoms with E-state index in [2.05, 4.69) is 19.9 Å². The molecule has 0 aliphatic heterocycles. The summed E-state index contributed by atoms with van der Waals surface area (Å²) >= 11 is 0. The van der Waals surface area contributed by atoms with Gasteiger partial charge in [-0.2, -0.15) is 0 Å². The van der Waals surface area contributed by atoms with Gasteiger partial charge in [0.25, 0.3) is 0 Å². The third kappa shape index (κ3) is 8.58. The number of aryl methyl sites for hydroxylation is 2. The second-order valence-corrected chi connectivity index (χ2v) is 7.79. The van der Waals surface area contributed by atoms with Crippen molar-refractivity contribution < 1.29 is 71.1 Å². The van der Waals surface area contributed by atoms with E-state index in [-0.39, 0.29) is 62.7 Å². The average molecular weight is 447 g/mol. The standard InChI is InChI=1S/C26H32O4.K/c1-18(2)9-8-10-19(3)13-16-22-23(30-4)17-21(24(25(22)27)26(28)29)15-14-20-11-6-5-7-12-20;/h5-7,9,11-13,17,27H,8,10,14-16H2,1-4H3,(H,28,29);/q;+1/p-1/b19-13+;. The molecule has 0 radical (unpaired) electrons. The molecule has 0 aliphatic rings. The van der Waals surface area contributed by atoms with Crippen molar-refractivity contribution in [2.24, 2.45) is 0 Å². The van der Waals surface area contributed by atoms with E-state index in [1.165, 1.54) is 18.3 Å². The van der Waals surface area contributed by atoms with Crippen LogP contribution in [0.5, 0.6) is 11.5 Å². The Balaban J connectivity index is 0.00000480. The average Bonchev–Trinajstić information content (AvgIpc) is 2.71.